The van der Waals surface area contributed by atoms with Gasteiger partial charge in [0.2, 0.25) is 5.91 Å². The van der Waals surface area contributed by atoms with Crippen molar-refractivity contribution in [1.82, 2.24) is 15.5 Å². The fourth-order valence-corrected chi connectivity index (χ4v) is 4.03. The molecule has 2 aliphatic heterocycles. The number of aryl methyl sites for hydroxylation is 1. The Kier molecular flexibility index (Phi) is 4.49. The van der Waals surface area contributed by atoms with Crippen LogP contribution in [0.25, 0.3) is 11.3 Å². The van der Waals surface area contributed by atoms with Gasteiger partial charge in [0, 0.05) is 18.7 Å². The molecule has 0 aliphatic carbocycles. The zero-order valence-corrected chi connectivity index (χ0v) is 15.1. The zero-order valence-electron chi connectivity index (χ0n) is 15.1. The lowest BCUT2D eigenvalue weighted by Crippen LogP contribution is -2.45. The smallest absolute Gasteiger partial charge is 0.416 e. The first-order chi connectivity index (χ1) is 13.3. The molecule has 3 heterocycles. The summed E-state index contributed by atoms with van der Waals surface area (Å²) in [6.45, 7) is 3.53. The van der Waals surface area contributed by atoms with Gasteiger partial charge in [0.25, 0.3) is 0 Å². The van der Waals surface area contributed by atoms with Crippen LogP contribution in [-0.4, -0.2) is 40.8 Å². The van der Waals surface area contributed by atoms with E-state index >= 15 is 0 Å². The zero-order chi connectivity index (χ0) is 20.1. The lowest BCUT2D eigenvalue weighted by atomic mass is 9.88. The Bertz CT molecular complexity index is 891. The molecule has 0 radical (unpaired) electrons. The number of hydrogen-bond donors (Lipinski definition) is 2. The highest BCUT2D eigenvalue weighted by molar-refractivity contribution is 5.95. The predicted molar refractivity (Wildman–Crippen MR) is 95.7 cm³/mol. The third-order valence-corrected chi connectivity index (χ3v) is 5.47. The maximum atomic E-state index is 12.9. The summed E-state index contributed by atoms with van der Waals surface area (Å²) in [7, 11) is 0. The summed E-state index contributed by atoms with van der Waals surface area (Å²) < 4.78 is 38.7. The van der Waals surface area contributed by atoms with Crippen LogP contribution in [0.5, 0.6) is 5.75 Å². The first-order valence-corrected chi connectivity index (χ1v) is 9.02. The molecule has 2 aromatic rings. The van der Waals surface area contributed by atoms with Crippen molar-refractivity contribution in [2.75, 3.05) is 24.5 Å². The Morgan fingerprint density at radius 3 is 2.64 bits per heavy atom. The first kappa shape index (κ1) is 18.7. The van der Waals surface area contributed by atoms with Gasteiger partial charge < -0.3 is 10.4 Å². The van der Waals surface area contributed by atoms with E-state index in [1.54, 1.807) is 17.0 Å². The second kappa shape index (κ2) is 6.73. The van der Waals surface area contributed by atoms with Crippen molar-refractivity contribution in [2.45, 2.75) is 19.5 Å². The quantitative estimate of drug-likeness (QED) is 0.822. The van der Waals surface area contributed by atoms with Crippen LogP contribution in [0.1, 0.15) is 17.5 Å². The Hall–Kier alpha value is -2.68. The first-order valence-electron chi connectivity index (χ1n) is 9.02. The molecule has 2 aliphatic rings. The Morgan fingerprint density at radius 2 is 2.00 bits per heavy atom. The molecule has 0 bridgehead atoms. The number of nitrogens with zero attached hydrogens (tertiary/aromatic N) is 3. The minimum absolute atomic E-state index is 0.0110. The minimum Gasteiger partial charge on any atom is -0.507 e. The topological polar surface area (TPSA) is 78.4 Å². The number of fused-ring (bicyclic) bond motifs is 1. The number of anilines is 1. The summed E-state index contributed by atoms with van der Waals surface area (Å²) in [5, 5.41) is 21.5. The van der Waals surface area contributed by atoms with Crippen molar-refractivity contribution in [3.63, 3.8) is 0 Å². The molecular weight excluding hydrogens is 373 g/mol. The van der Waals surface area contributed by atoms with Crippen LogP contribution in [0.3, 0.4) is 0 Å². The fraction of sp³-hybridized carbons (Fsp3) is 0.421. The molecule has 148 valence electrons. The molecule has 2 fully saturated rings. The number of halogens is 3. The number of carbonyl (C=O) groups is 1. The van der Waals surface area contributed by atoms with E-state index in [0.717, 1.165) is 19.0 Å². The van der Waals surface area contributed by atoms with Gasteiger partial charge in [0.15, 0.2) is 5.82 Å². The van der Waals surface area contributed by atoms with Crippen LogP contribution in [-0.2, 0) is 11.0 Å². The summed E-state index contributed by atoms with van der Waals surface area (Å²) in [5.74, 6) is 0.197. The standard InChI is InChI=1S/C19H19F3N4O2/c1-10-6-12(19(20,21)22)7-15(27)17(10)14-2-3-16(25-24-14)26-5-4-11-8-23-9-13(11)18(26)28/h2-3,6-7,11,13,23,27H,4-5,8-9H2,1H3/t11-,13-/m1/s1. The molecular formula is C19H19F3N4O2. The second-order valence-corrected chi connectivity index (χ2v) is 7.27. The number of amides is 1. The van der Waals surface area contributed by atoms with E-state index in [1.807, 2.05) is 0 Å². The van der Waals surface area contributed by atoms with Crippen LogP contribution >= 0.6 is 0 Å². The summed E-state index contributed by atoms with van der Waals surface area (Å²) in [6.07, 6.45) is -3.66. The highest BCUT2D eigenvalue weighted by Gasteiger charge is 2.40. The predicted octanol–water partition coefficient (Wildman–Crippen LogP) is 2.75. The van der Waals surface area contributed by atoms with Gasteiger partial charge in [-0.3, -0.25) is 9.69 Å². The van der Waals surface area contributed by atoms with Crippen molar-refractivity contribution in [2.24, 2.45) is 11.8 Å². The number of nitrogens with one attached hydrogen (secondary N) is 1. The fourth-order valence-electron chi connectivity index (χ4n) is 4.03. The number of hydrogen-bond acceptors (Lipinski definition) is 5. The highest BCUT2D eigenvalue weighted by atomic mass is 19.4. The Morgan fingerprint density at radius 1 is 1.21 bits per heavy atom. The number of aromatic hydroxyl groups is 1. The van der Waals surface area contributed by atoms with Crippen molar-refractivity contribution in [3.05, 3.63) is 35.4 Å². The highest BCUT2D eigenvalue weighted by Crippen LogP contribution is 2.38. The third-order valence-electron chi connectivity index (χ3n) is 5.47. The lowest BCUT2D eigenvalue weighted by Gasteiger charge is -2.32. The molecule has 28 heavy (non-hydrogen) atoms. The van der Waals surface area contributed by atoms with Crippen LogP contribution in [0, 0.1) is 18.8 Å². The largest absolute Gasteiger partial charge is 0.507 e. The molecule has 2 N–H and O–H groups in total. The van der Waals surface area contributed by atoms with Gasteiger partial charge in [-0.25, -0.2) is 0 Å². The van der Waals surface area contributed by atoms with E-state index in [4.69, 9.17) is 0 Å². The molecule has 9 heteroatoms. The molecule has 0 saturated carbocycles. The molecule has 2 atom stereocenters. The van der Waals surface area contributed by atoms with Crippen molar-refractivity contribution in [1.29, 1.82) is 0 Å². The number of carbonyl (C=O) groups excluding carboxylic acids is 1. The summed E-state index contributed by atoms with van der Waals surface area (Å²) in [6, 6.07) is 4.81. The minimum atomic E-state index is -4.54. The number of alkyl halides is 3. The Balaban J connectivity index is 1.61. The van der Waals surface area contributed by atoms with Crippen molar-refractivity contribution < 1.29 is 23.1 Å². The van der Waals surface area contributed by atoms with Gasteiger partial charge >= 0.3 is 6.18 Å². The van der Waals surface area contributed by atoms with Gasteiger partial charge in [-0.1, -0.05) is 0 Å². The number of piperidine rings is 1. The van der Waals surface area contributed by atoms with Gasteiger partial charge in [-0.15, -0.1) is 10.2 Å². The monoisotopic (exact) mass is 392 g/mol. The summed E-state index contributed by atoms with van der Waals surface area (Å²) in [4.78, 5) is 14.3. The van der Waals surface area contributed by atoms with Crippen LogP contribution in [0.2, 0.25) is 0 Å². The van der Waals surface area contributed by atoms with Crippen molar-refractivity contribution in [3.8, 4) is 17.0 Å². The van der Waals surface area contributed by atoms with Crippen LogP contribution in [0.4, 0.5) is 19.0 Å². The number of benzene rings is 1. The number of aromatic nitrogens is 2. The van der Waals surface area contributed by atoms with E-state index in [9.17, 15) is 23.1 Å². The van der Waals surface area contributed by atoms with E-state index in [-0.39, 0.29) is 28.6 Å². The number of rotatable bonds is 2. The van der Waals surface area contributed by atoms with Crippen LogP contribution in [0.15, 0.2) is 24.3 Å². The maximum Gasteiger partial charge on any atom is 0.416 e. The molecule has 4 rings (SSSR count). The van der Waals surface area contributed by atoms with E-state index < -0.39 is 17.5 Å². The average molecular weight is 392 g/mol. The van der Waals surface area contributed by atoms with Crippen LogP contribution < -0.4 is 10.2 Å². The molecule has 0 spiro atoms. The number of phenols is 1. The van der Waals surface area contributed by atoms with Gasteiger partial charge in [-0.2, -0.15) is 13.2 Å². The molecule has 1 amide bonds. The Labute approximate surface area is 159 Å². The summed E-state index contributed by atoms with van der Waals surface area (Å²) in [5.41, 5.74) is -0.243. The second-order valence-electron chi connectivity index (χ2n) is 7.27. The average Bonchev–Trinajstić information content (AvgIpc) is 3.11. The normalized spacial score (nSPS) is 22.4. The number of phenolic OH excluding ortho intramolecular Hbond substituents is 1. The van der Waals surface area contributed by atoms with Gasteiger partial charge in [-0.05, 0) is 55.6 Å². The van der Waals surface area contributed by atoms with E-state index in [0.29, 0.717) is 30.9 Å². The van der Waals surface area contributed by atoms with Crippen molar-refractivity contribution >= 4 is 11.7 Å². The molecule has 2 saturated heterocycles. The lowest BCUT2D eigenvalue weighted by molar-refractivity contribution is -0.137. The van der Waals surface area contributed by atoms with E-state index in [1.165, 1.54) is 6.92 Å². The van der Waals surface area contributed by atoms with E-state index in [2.05, 4.69) is 15.5 Å². The van der Waals surface area contributed by atoms with Gasteiger partial charge in [0.05, 0.1) is 17.2 Å². The maximum absolute atomic E-state index is 12.9. The summed E-state index contributed by atoms with van der Waals surface area (Å²) >= 11 is 0. The SMILES string of the molecule is Cc1cc(C(F)(F)F)cc(O)c1-c1ccc(N2CC[C@@H]3CNC[C@H]3C2=O)nn1. The molecule has 6 nitrogen and oxygen atoms in total. The molecule has 1 aromatic carbocycles. The third kappa shape index (κ3) is 3.19. The molecule has 0 unspecified atom stereocenters. The molecule has 1 aromatic heterocycles. The van der Waals surface area contributed by atoms with Gasteiger partial charge in [0.1, 0.15) is 5.75 Å².